The average molecular weight is 466 g/mol. The zero-order valence-corrected chi connectivity index (χ0v) is 20.5. The van der Waals surface area contributed by atoms with Crippen LogP contribution in [0.4, 0.5) is 0 Å². The molecule has 8 nitrogen and oxygen atoms in total. The van der Waals surface area contributed by atoms with E-state index < -0.39 is 11.2 Å². The Labute approximate surface area is 199 Å². The van der Waals surface area contributed by atoms with Crippen LogP contribution < -0.4 is 16.6 Å². The molecule has 8 heteroatoms. The Hall–Kier alpha value is -3.16. The third kappa shape index (κ3) is 4.86. The maximum atomic E-state index is 13.5. The smallest absolute Gasteiger partial charge is 0.333 e. The maximum absolute atomic E-state index is 13.5. The monoisotopic (exact) mass is 465 g/mol. The Morgan fingerprint density at radius 3 is 2.56 bits per heavy atom. The van der Waals surface area contributed by atoms with Crippen LogP contribution >= 0.6 is 0 Å². The van der Waals surface area contributed by atoms with Crippen molar-refractivity contribution >= 4 is 17.1 Å². The molecule has 2 aromatic heterocycles. The Morgan fingerprint density at radius 1 is 1.12 bits per heavy atom. The minimum absolute atomic E-state index is 0.0636. The minimum atomic E-state index is -0.517. The Balaban J connectivity index is 1.73. The topological polar surface area (TPSA) is 90.9 Å². The van der Waals surface area contributed by atoms with Gasteiger partial charge in [0.05, 0.1) is 12.9 Å². The van der Waals surface area contributed by atoms with Crippen molar-refractivity contribution in [1.82, 2.24) is 24.0 Å². The second-order valence-electron chi connectivity index (χ2n) is 10.1. The summed E-state index contributed by atoms with van der Waals surface area (Å²) < 4.78 is 4.36. The number of rotatable bonds is 7. The number of nitrogens with one attached hydrogen (secondary N) is 1. The lowest BCUT2D eigenvalue weighted by Gasteiger charge is -2.34. The number of hydrogen-bond acceptors (Lipinski definition) is 4. The van der Waals surface area contributed by atoms with E-state index in [1.54, 1.807) is 10.9 Å². The molecule has 0 unspecified atom stereocenters. The van der Waals surface area contributed by atoms with E-state index in [1.165, 1.54) is 4.57 Å². The van der Waals surface area contributed by atoms with E-state index in [-0.39, 0.29) is 31.0 Å². The summed E-state index contributed by atoms with van der Waals surface area (Å²) >= 11 is 0. The second-order valence-corrected chi connectivity index (χ2v) is 10.1. The lowest BCUT2D eigenvalue weighted by molar-refractivity contribution is -0.123. The SMILES string of the molecule is CC(C)Cn1cnc2c1c(=O)n(CC(=O)N[C@H]1CCC[C@H](C)[C@@H]1C)c(=O)n2Cc1ccccc1. The molecule has 0 radical (unpaired) electrons. The van der Waals surface area contributed by atoms with Crippen molar-refractivity contribution in [2.75, 3.05) is 0 Å². The number of imidazole rings is 1. The molecule has 1 fully saturated rings. The van der Waals surface area contributed by atoms with E-state index in [0.29, 0.717) is 29.5 Å². The van der Waals surface area contributed by atoms with Gasteiger partial charge in [-0.2, -0.15) is 0 Å². The van der Waals surface area contributed by atoms with Gasteiger partial charge in [0.1, 0.15) is 6.54 Å². The number of benzene rings is 1. The lowest BCUT2D eigenvalue weighted by atomic mass is 9.78. The summed E-state index contributed by atoms with van der Waals surface area (Å²) in [4.78, 5) is 44.4. The van der Waals surface area contributed by atoms with Crippen LogP contribution in [0.2, 0.25) is 0 Å². The number of carbonyl (C=O) groups excluding carboxylic acids is 1. The summed E-state index contributed by atoms with van der Waals surface area (Å²) in [7, 11) is 0. The molecule has 0 saturated heterocycles. The first-order valence-corrected chi connectivity index (χ1v) is 12.3. The number of aromatic nitrogens is 4. The highest BCUT2D eigenvalue weighted by atomic mass is 16.2. The van der Waals surface area contributed by atoms with E-state index in [2.05, 4.69) is 38.0 Å². The fourth-order valence-electron chi connectivity index (χ4n) is 5.00. The average Bonchev–Trinajstić information content (AvgIpc) is 3.21. The third-order valence-corrected chi connectivity index (χ3v) is 7.08. The van der Waals surface area contributed by atoms with Crippen molar-refractivity contribution in [3.8, 4) is 0 Å². The highest BCUT2D eigenvalue weighted by molar-refractivity contribution is 5.77. The highest BCUT2D eigenvalue weighted by Gasteiger charge is 2.29. The summed E-state index contributed by atoms with van der Waals surface area (Å²) in [6, 6.07) is 9.65. The van der Waals surface area contributed by atoms with E-state index in [4.69, 9.17) is 0 Å². The molecule has 1 aliphatic carbocycles. The normalized spacial score (nSPS) is 20.7. The minimum Gasteiger partial charge on any atom is -0.352 e. The predicted molar refractivity (Wildman–Crippen MR) is 133 cm³/mol. The molecule has 3 atom stereocenters. The van der Waals surface area contributed by atoms with E-state index in [1.807, 2.05) is 30.3 Å². The number of hydrogen-bond donors (Lipinski definition) is 1. The number of nitrogens with zero attached hydrogens (tertiary/aromatic N) is 4. The fourth-order valence-corrected chi connectivity index (χ4v) is 5.00. The van der Waals surface area contributed by atoms with Crippen LogP contribution in [-0.4, -0.2) is 30.6 Å². The number of amides is 1. The molecule has 1 saturated carbocycles. The van der Waals surface area contributed by atoms with Crippen LogP contribution in [0.1, 0.15) is 52.5 Å². The van der Waals surface area contributed by atoms with Crippen molar-refractivity contribution in [3.05, 3.63) is 63.1 Å². The van der Waals surface area contributed by atoms with Crippen LogP contribution in [0.3, 0.4) is 0 Å². The standard InChI is InChI=1S/C26H35N5O3/c1-17(2)13-29-16-27-24-23(29)25(33)31(26(34)30(24)14-20-10-6-5-7-11-20)15-22(32)28-21-12-8-9-18(3)19(21)4/h5-7,10-11,16-19,21H,8-9,12-15H2,1-4H3,(H,28,32)/t18-,19-,21-/m0/s1. The Bertz CT molecular complexity index is 1270. The maximum Gasteiger partial charge on any atom is 0.333 e. The van der Waals surface area contributed by atoms with E-state index >= 15 is 0 Å². The molecule has 34 heavy (non-hydrogen) atoms. The van der Waals surface area contributed by atoms with Gasteiger partial charge in [0.25, 0.3) is 5.56 Å². The van der Waals surface area contributed by atoms with Crippen LogP contribution in [0.25, 0.3) is 11.2 Å². The van der Waals surface area contributed by atoms with Crippen molar-refractivity contribution in [2.45, 2.75) is 72.6 Å². The quantitative estimate of drug-likeness (QED) is 0.581. The molecule has 1 aliphatic rings. The lowest BCUT2D eigenvalue weighted by Crippen LogP contribution is -2.48. The van der Waals surface area contributed by atoms with Crippen molar-refractivity contribution in [3.63, 3.8) is 0 Å². The van der Waals surface area contributed by atoms with Gasteiger partial charge in [-0.05, 0) is 29.7 Å². The summed E-state index contributed by atoms with van der Waals surface area (Å²) in [6.45, 7) is 9.05. The molecular formula is C26H35N5O3. The molecular weight excluding hydrogens is 430 g/mol. The van der Waals surface area contributed by atoms with Crippen molar-refractivity contribution in [2.24, 2.45) is 17.8 Å². The zero-order chi connectivity index (χ0) is 24.4. The first kappa shape index (κ1) is 24.0. The first-order chi connectivity index (χ1) is 16.3. The van der Waals surface area contributed by atoms with Gasteiger partial charge in [0, 0.05) is 12.6 Å². The summed E-state index contributed by atoms with van der Waals surface area (Å²) in [6.07, 6.45) is 4.77. The van der Waals surface area contributed by atoms with Crippen LogP contribution in [0.15, 0.2) is 46.2 Å². The Morgan fingerprint density at radius 2 is 1.85 bits per heavy atom. The molecule has 4 rings (SSSR count). The Kier molecular flexibility index (Phi) is 7.05. The van der Waals surface area contributed by atoms with Crippen molar-refractivity contribution in [1.29, 1.82) is 0 Å². The molecule has 1 N–H and O–H groups in total. The molecule has 1 aromatic carbocycles. The number of fused-ring (bicyclic) bond motifs is 1. The third-order valence-electron chi connectivity index (χ3n) is 7.08. The van der Waals surface area contributed by atoms with E-state index in [9.17, 15) is 14.4 Å². The highest BCUT2D eigenvalue weighted by Crippen LogP contribution is 2.29. The van der Waals surface area contributed by atoms with Gasteiger partial charge in [0.15, 0.2) is 11.2 Å². The van der Waals surface area contributed by atoms with Crippen LogP contribution in [0, 0.1) is 17.8 Å². The van der Waals surface area contributed by atoms with Crippen molar-refractivity contribution < 1.29 is 4.79 Å². The summed E-state index contributed by atoms with van der Waals surface area (Å²) in [5.41, 5.74) is 0.644. The predicted octanol–water partition coefficient (Wildman–Crippen LogP) is 3.00. The molecule has 1 amide bonds. The second kappa shape index (κ2) is 9.99. The molecule has 182 valence electrons. The van der Waals surface area contributed by atoms with Crippen LogP contribution in [0.5, 0.6) is 0 Å². The molecule has 2 heterocycles. The largest absolute Gasteiger partial charge is 0.352 e. The van der Waals surface area contributed by atoms with Gasteiger partial charge in [-0.3, -0.25) is 14.2 Å². The van der Waals surface area contributed by atoms with E-state index in [0.717, 1.165) is 29.4 Å². The molecule has 0 bridgehead atoms. The first-order valence-electron chi connectivity index (χ1n) is 12.3. The van der Waals surface area contributed by atoms with Gasteiger partial charge in [-0.25, -0.2) is 14.3 Å². The van der Waals surface area contributed by atoms with Crippen LogP contribution in [-0.2, 0) is 24.4 Å². The fraction of sp³-hybridized carbons (Fsp3) is 0.538. The number of carbonyl (C=O) groups is 1. The van der Waals surface area contributed by atoms with Gasteiger partial charge in [-0.15, -0.1) is 0 Å². The summed E-state index contributed by atoms with van der Waals surface area (Å²) in [5.74, 6) is 0.884. The van der Waals surface area contributed by atoms with Gasteiger partial charge >= 0.3 is 5.69 Å². The van der Waals surface area contributed by atoms with Gasteiger partial charge in [-0.1, -0.05) is 70.9 Å². The van der Waals surface area contributed by atoms with Gasteiger partial charge < -0.3 is 9.88 Å². The molecule has 0 spiro atoms. The summed E-state index contributed by atoms with van der Waals surface area (Å²) in [5, 5.41) is 3.09. The zero-order valence-electron chi connectivity index (χ0n) is 20.5. The molecule has 3 aromatic rings. The van der Waals surface area contributed by atoms with Gasteiger partial charge in [0.2, 0.25) is 5.91 Å². The molecule has 0 aliphatic heterocycles.